The summed E-state index contributed by atoms with van der Waals surface area (Å²) in [5, 5.41) is 2.96. The predicted octanol–water partition coefficient (Wildman–Crippen LogP) is 0.534. The minimum atomic E-state index is -0.288. The van der Waals surface area contributed by atoms with Crippen molar-refractivity contribution >= 4 is 5.91 Å². The van der Waals surface area contributed by atoms with Gasteiger partial charge >= 0.3 is 0 Å². The van der Waals surface area contributed by atoms with Crippen LogP contribution in [0.4, 0.5) is 0 Å². The Balaban J connectivity index is 2.09. The second kappa shape index (κ2) is 5.52. The van der Waals surface area contributed by atoms with Gasteiger partial charge in [-0.15, -0.1) is 0 Å². The van der Waals surface area contributed by atoms with E-state index in [-0.39, 0.29) is 11.9 Å². The highest BCUT2D eigenvalue weighted by molar-refractivity contribution is 5.79. The van der Waals surface area contributed by atoms with E-state index in [1.54, 1.807) is 7.05 Å². The van der Waals surface area contributed by atoms with Crippen LogP contribution >= 0.6 is 0 Å². The number of primary amides is 1. The molecule has 1 aliphatic rings. The fourth-order valence-corrected chi connectivity index (χ4v) is 2.72. The van der Waals surface area contributed by atoms with Gasteiger partial charge < -0.3 is 15.6 Å². The van der Waals surface area contributed by atoms with E-state index in [2.05, 4.69) is 14.9 Å². The molecule has 18 heavy (non-hydrogen) atoms. The maximum absolute atomic E-state index is 11.2. The molecular weight excluding hydrogens is 228 g/mol. The fraction of sp³-hybridized carbons (Fsp3) is 0.692. The van der Waals surface area contributed by atoms with Crippen molar-refractivity contribution in [2.24, 2.45) is 5.73 Å². The number of nitrogens with two attached hydrogens (primary N) is 1. The van der Waals surface area contributed by atoms with E-state index in [4.69, 9.17) is 5.73 Å². The zero-order valence-corrected chi connectivity index (χ0v) is 11.2. The van der Waals surface area contributed by atoms with Gasteiger partial charge in [-0.3, -0.25) is 4.79 Å². The molecule has 0 aromatic carbocycles. The Morgan fingerprint density at radius 2 is 2.22 bits per heavy atom. The molecule has 0 fully saturated rings. The average Bonchev–Trinajstić information content (AvgIpc) is 2.66. The van der Waals surface area contributed by atoms with Gasteiger partial charge in [-0.25, -0.2) is 4.98 Å². The standard InChI is InChI=1S/C13H22N4O/c1-9-16-10-5-3-4-6-12(10)17(9)8-7-11(15-2)13(14)18/h11,15H,3-8H2,1-2H3,(H2,14,18). The molecule has 100 valence electrons. The van der Waals surface area contributed by atoms with E-state index < -0.39 is 0 Å². The Labute approximate surface area is 108 Å². The molecule has 2 rings (SSSR count). The summed E-state index contributed by atoms with van der Waals surface area (Å²) in [6.07, 6.45) is 5.40. The molecule has 0 spiro atoms. The number of aromatic nitrogens is 2. The van der Waals surface area contributed by atoms with E-state index in [9.17, 15) is 4.79 Å². The van der Waals surface area contributed by atoms with E-state index in [1.165, 1.54) is 24.2 Å². The first-order chi connectivity index (χ1) is 8.63. The third-order valence-corrected chi connectivity index (χ3v) is 3.76. The number of imidazole rings is 1. The summed E-state index contributed by atoms with van der Waals surface area (Å²) >= 11 is 0. The Bertz CT molecular complexity index is 438. The van der Waals surface area contributed by atoms with Crippen LogP contribution in [0.15, 0.2) is 0 Å². The SMILES string of the molecule is CNC(CCn1c(C)nc2c1CCCC2)C(N)=O. The van der Waals surface area contributed by atoms with Gasteiger partial charge in [-0.2, -0.15) is 0 Å². The van der Waals surface area contributed by atoms with Crippen molar-refractivity contribution in [3.8, 4) is 0 Å². The van der Waals surface area contributed by atoms with Crippen LogP contribution < -0.4 is 11.1 Å². The van der Waals surface area contributed by atoms with E-state index in [0.717, 1.165) is 31.6 Å². The van der Waals surface area contributed by atoms with Crippen molar-refractivity contribution in [1.29, 1.82) is 0 Å². The number of amides is 1. The van der Waals surface area contributed by atoms with Crippen molar-refractivity contribution in [3.63, 3.8) is 0 Å². The van der Waals surface area contributed by atoms with E-state index in [0.29, 0.717) is 0 Å². The summed E-state index contributed by atoms with van der Waals surface area (Å²) in [4.78, 5) is 15.8. The molecular formula is C13H22N4O. The Morgan fingerprint density at radius 3 is 2.89 bits per heavy atom. The predicted molar refractivity (Wildman–Crippen MR) is 70.3 cm³/mol. The number of hydrogen-bond donors (Lipinski definition) is 2. The minimum absolute atomic E-state index is 0.258. The van der Waals surface area contributed by atoms with Crippen LogP contribution in [0.25, 0.3) is 0 Å². The monoisotopic (exact) mass is 250 g/mol. The van der Waals surface area contributed by atoms with Gasteiger partial charge in [0.15, 0.2) is 0 Å². The molecule has 3 N–H and O–H groups in total. The number of carbonyl (C=O) groups is 1. The third kappa shape index (κ3) is 2.56. The largest absolute Gasteiger partial charge is 0.368 e. The highest BCUT2D eigenvalue weighted by Gasteiger charge is 2.19. The molecule has 0 saturated heterocycles. The topological polar surface area (TPSA) is 72.9 Å². The van der Waals surface area contributed by atoms with Gasteiger partial charge in [0.05, 0.1) is 11.7 Å². The normalized spacial score (nSPS) is 16.3. The van der Waals surface area contributed by atoms with E-state index >= 15 is 0 Å². The molecule has 5 heteroatoms. The maximum Gasteiger partial charge on any atom is 0.234 e. The molecule has 0 aliphatic heterocycles. The number of rotatable bonds is 5. The van der Waals surface area contributed by atoms with Crippen LogP contribution in [0.3, 0.4) is 0 Å². The summed E-state index contributed by atoms with van der Waals surface area (Å²) in [5.74, 6) is 0.769. The minimum Gasteiger partial charge on any atom is -0.368 e. The van der Waals surface area contributed by atoms with E-state index in [1.807, 2.05) is 6.92 Å². The van der Waals surface area contributed by atoms with Crippen LogP contribution in [0.1, 0.15) is 36.5 Å². The lowest BCUT2D eigenvalue weighted by Crippen LogP contribution is -2.40. The second-order valence-electron chi connectivity index (χ2n) is 4.94. The lowest BCUT2D eigenvalue weighted by atomic mass is 10.0. The fourth-order valence-electron chi connectivity index (χ4n) is 2.72. The molecule has 1 unspecified atom stereocenters. The first kappa shape index (κ1) is 13.1. The van der Waals surface area contributed by atoms with Crippen molar-refractivity contribution in [3.05, 3.63) is 17.2 Å². The smallest absolute Gasteiger partial charge is 0.234 e. The Morgan fingerprint density at radius 1 is 1.50 bits per heavy atom. The maximum atomic E-state index is 11.2. The summed E-state index contributed by atoms with van der Waals surface area (Å²) in [6, 6.07) is -0.258. The number of hydrogen-bond acceptors (Lipinski definition) is 3. The molecule has 1 aromatic heterocycles. The zero-order valence-electron chi connectivity index (χ0n) is 11.2. The average molecular weight is 250 g/mol. The first-order valence-corrected chi connectivity index (χ1v) is 6.65. The summed E-state index contributed by atoms with van der Waals surface area (Å²) < 4.78 is 2.25. The zero-order chi connectivity index (χ0) is 13.1. The summed E-state index contributed by atoms with van der Waals surface area (Å²) in [7, 11) is 1.77. The van der Waals surface area contributed by atoms with Gasteiger partial charge in [-0.05, 0) is 46.1 Å². The molecule has 0 saturated carbocycles. The quantitative estimate of drug-likeness (QED) is 0.801. The van der Waals surface area contributed by atoms with Crippen LogP contribution in [0.5, 0.6) is 0 Å². The van der Waals surface area contributed by atoms with Gasteiger partial charge in [0.25, 0.3) is 0 Å². The second-order valence-corrected chi connectivity index (χ2v) is 4.94. The lowest BCUT2D eigenvalue weighted by molar-refractivity contribution is -0.120. The Kier molecular flexibility index (Phi) is 4.01. The molecule has 1 aromatic rings. The summed E-state index contributed by atoms with van der Waals surface area (Å²) in [6.45, 7) is 2.85. The number of likely N-dealkylation sites (N-methyl/N-ethyl adjacent to an activating group) is 1. The number of fused-ring (bicyclic) bond motifs is 1. The van der Waals surface area contributed by atoms with Crippen LogP contribution in [0.2, 0.25) is 0 Å². The summed E-state index contributed by atoms with van der Waals surface area (Å²) in [5.41, 5.74) is 7.94. The highest BCUT2D eigenvalue weighted by atomic mass is 16.1. The molecule has 1 aliphatic carbocycles. The van der Waals surface area contributed by atoms with Crippen molar-refractivity contribution in [2.75, 3.05) is 7.05 Å². The van der Waals surface area contributed by atoms with Gasteiger partial charge in [-0.1, -0.05) is 0 Å². The van der Waals surface area contributed by atoms with Crippen molar-refractivity contribution in [1.82, 2.24) is 14.9 Å². The molecule has 0 radical (unpaired) electrons. The van der Waals surface area contributed by atoms with Gasteiger partial charge in [0, 0.05) is 12.2 Å². The van der Waals surface area contributed by atoms with Crippen molar-refractivity contribution in [2.45, 2.75) is 51.6 Å². The number of nitrogens with zero attached hydrogens (tertiary/aromatic N) is 2. The number of nitrogens with one attached hydrogen (secondary N) is 1. The third-order valence-electron chi connectivity index (χ3n) is 3.76. The molecule has 1 heterocycles. The molecule has 1 amide bonds. The van der Waals surface area contributed by atoms with Crippen LogP contribution in [0, 0.1) is 6.92 Å². The molecule has 0 bridgehead atoms. The number of carbonyl (C=O) groups excluding carboxylic acids is 1. The molecule has 5 nitrogen and oxygen atoms in total. The Hall–Kier alpha value is -1.36. The lowest BCUT2D eigenvalue weighted by Gasteiger charge is -2.17. The van der Waals surface area contributed by atoms with Crippen molar-refractivity contribution < 1.29 is 4.79 Å². The number of aryl methyl sites for hydroxylation is 2. The highest BCUT2D eigenvalue weighted by Crippen LogP contribution is 2.22. The van der Waals surface area contributed by atoms with Gasteiger partial charge in [0.2, 0.25) is 5.91 Å². The van der Waals surface area contributed by atoms with Crippen LogP contribution in [-0.4, -0.2) is 28.5 Å². The molecule has 1 atom stereocenters. The van der Waals surface area contributed by atoms with Crippen LogP contribution in [-0.2, 0) is 24.2 Å². The van der Waals surface area contributed by atoms with Gasteiger partial charge in [0.1, 0.15) is 5.82 Å². The first-order valence-electron chi connectivity index (χ1n) is 6.65.